The second-order valence-electron chi connectivity index (χ2n) is 5.34. The molecule has 1 aliphatic rings. The van der Waals surface area contributed by atoms with E-state index in [4.69, 9.17) is 4.18 Å². The van der Waals surface area contributed by atoms with E-state index in [0.29, 0.717) is 5.41 Å². The molecule has 3 heteroatoms. The first-order chi connectivity index (χ1) is 6.39. The van der Waals surface area contributed by atoms with Gasteiger partial charge >= 0.3 is 0 Å². The van der Waals surface area contributed by atoms with Gasteiger partial charge in [-0.15, -0.1) is 0 Å². The third-order valence-electron chi connectivity index (χ3n) is 3.17. The van der Waals surface area contributed by atoms with Crippen LogP contribution in [-0.2, 0) is 15.3 Å². The highest BCUT2D eigenvalue weighted by atomic mass is 32.2. The summed E-state index contributed by atoms with van der Waals surface area (Å²) in [5.74, 6) is 0.799. The largest absolute Gasteiger partial charge is 0.287 e. The van der Waals surface area contributed by atoms with E-state index in [9.17, 15) is 4.21 Å². The van der Waals surface area contributed by atoms with E-state index in [2.05, 4.69) is 20.8 Å². The lowest BCUT2D eigenvalue weighted by Gasteiger charge is -2.36. The molecule has 0 spiro atoms. The highest BCUT2D eigenvalue weighted by Gasteiger charge is 2.30. The molecule has 1 rings (SSSR count). The van der Waals surface area contributed by atoms with E-state index in [-0.39, 0.29) is 6.10 Å². The first-order valence-corrected chi connectivity index (χ1v) is 6.88. The molecule has 0 aliphatic heterocycles. The Bertz CT molecular complexity index is 200. The van der Waals surface area contributed by atoms with Gasteiger partial charge in [0.05, 0.1) is 6.10 Å². The van der Waals surface area contributed by atoms with Crippen LogP contribution in [0.1, 0.15) is 46.5 Å². The zero-order valence-corrected chi connectivity index (χ0v) is 10.5. The topological polar surface area (TPSA) is 26.3 Å². The SMILES string of the molecule is CS(=O)OC1CCC(C(C)(C)C)CC1. The molecule has 1 fully saturated rings. The Balaban J connectivity index is 2.35. The molecule has 1 atom stereocenters. The Hall–Kier alpha value is 0.110. The standard InChI is InChI=1S/C11H22O2S/c1-11(2,3)9-5-7-10(8-6-9)13-14(4)12/h9-10H,5-8H2,1-4H3. The normalized spacial score (nSPS) is 31.4. The van der Waals surface area contributed by atoms with Gasteiger partial charge in [-0.2, -0.15) is 0 Å². The molecule has 2 nitrogen and oxygen atoms in total. The molecule has 0 aromatic carbocycles. The zero-order valence-electron chi connectivity index (χ0n) is 9.71. The van der Waals surface area contributed by atoms with Crippen LogP contribution in [0.2, 0.25) is 0 Å². The average molecular weight is 218 g/mol. The number of rotatable bonds is 2. The first kappa shape index (κ1) is 12.2. The number of hydrogen-bond acceptors (Lipinski definition) is 2. The zero-order chi connectivity index (χ0) is 10.8. The third-order valence-corrected chi connectivity index (χ3v) is 3.71. The van der Waals surface area contributed by atoms with Gasteiger partial charge in [0.1, 0.15) is 0 Å². The van der Waals surface area contributed by atoms with Gasteiger partial charge in [0.15, 0.2) is 11.1 Å². The van der Waals surface area contributed by atoms with E-state index in [0.717, 1.165) is 18.8 Å². The summed E-state index contributed by atoms with van der Waals surface area (Å²) in [6.45, 7) is 6.91. The maximum Gasteiger partial charge on any atom is 0.152 e. The monoisotopic (exact) mass is 218 g/mol. The highest BCUT2D eigenvalue weighted by Crippen LogP contribution is 2.38. The molecule has 84 valence electrons. The van der Waals surface area contributed by atoms with Gasteiger partial charge in [0, 0.05) is 6.26 Å². The van der Waals surface area contributed by atoms with Crippen molar-refractivity contribution in [2.24, 2.45) is 11.3 Å². The summed E-state index contributed by atoms with van der Waals surface area (Å²) in [5.41, 5.74) is 0.413. The van der Waals surface area contributed by atoms with Crippen LogP contribution >= 0.6 is 0 Å². The Morgan fingerprint density at radius 1 is 1.14 bits per heavy atom. The molecule has 1 unspecified atom stereocenters. The van der Waals surface area contributed by atoms with Crippen molar-refractivity contribution in [3.63, 3.8) is 0 Å². The maximum absolute atomic E-state index is 10.9. The van der Waals surface area contributed by atoms with Crippen molar-refractivity contribution in [1.82, 2.24) is 0 Å². The van der Waals surface area contributed by atoms with Crippen LogP contribution in [0.15, 0.2) is 0 Å². The van der Waals surface area contributed by atoms with Gasteiger partial charge in [0.2, 0.25) is 0 Å². The summed E-state index contributed by atoms with van der Waals surface area (Å²) in [6, 6.07) is 0. The van der Waals surface area contributed by atoms with E-state index in [1.807, 2.05) is 0 Å². The van der Waals surface area contributed by atoms with E-state index in [1.165, 1.54) is 12.8 Å². The molecular weight excluding hydrogens is 196 g/mol. The lowest BCUT2D eigenvalue weighted by Crippen LogP contribution is -2.29. The fraction of sp³-hybridized carbons (Fsp3) is 1.00. The van der Waals surface area contributed by atoms with E-state index < -0.39 is 11.1 Å². The van der Waals surface area contributed by atoms with Crippen molar-refractivity contribution in [2.75, 3.05) is 6.26 Å². The van der Waals surface area contributed by atoms with Crippen LogP contribution in [0, 0.1) is 11.3 Å². The quantitative estimate of drug-likeness (QED) is 0.712. The maximum atomic E-state index is 10.9. The van der Waals surface area contributed by atoms with Gasteiger partial charge in [-0.05, 0) is 37.0 Å². The molecule has 14 heavy (non-hydrogen) atoms. The van der Waals surface area contributed by atoms with Crippen LogP contribution in [0.4, 0.5) is 0 Å². The summed E-state index contributed by atoms with van der Waals surface area (Å²) in [5, 5.41) is 0. The Morgan fingerprint density at radius 2 is 1.64 bits per heavy atom. The van der Waals surface area contributed by atoms with Crippen molar-refractivity contribution < 1.29 is 8.39 Å². The van der Waals surface area contributed by atoms with Gasteiger partial charge < -0.3 is 0 Å². The lowest BCUT2D eigenvalue weighted by atomic mass is 9.72. The average Bonchev–Trinajstić information content (AvgIpc) is 2.02. The minimum Gasteiger partial charge on any atom is -0.287 e. The predicted octanol–water partition coefficient (Wildman–Crippen LogP) is 2.90. The first-order valence-electron chi connectivity index (χ1n) is 5.40. The summed E-state index contributed by atoms with van der Waals surface area (Å²) in [4.78, 5) is 0. The van der Waals surface area contributed by atoms with Gasteiger partial charge in [-0.3, -0.25) is 4.18 Å². The van der Waals surface area contributed by atoms with Crippen molar-refractivity contribution in [3.8, 4) is 0 Å². The Kier molecular flexibility index (Phi) is 4.14. The molecule has 0 saturated heterocycles. The second-order valence-corrected chi connectivity index (χ2v) is 6.33. The highest BCUT2D eigenvalue weighted by molar-refractivity contribution is 7.79. The van der Waals surface area contributed by atoms with Gasteiger partial charge in [-0.25, -0.2) is 4.21 Å². The molecule has 1 saturated carbocycles. The number of hydrogen-bond donors (Lipinski definition) is 0. The van der Waals surface area contributed by atoms with Crippen LogP contribution < -0.4 is 0 Å². The molecule has 0 amide bonds. The molecule has 0 aromatic heterocycles. The van der Waals surface area contributed by atoms with Crippen LogP contribution in [0.3, 0.4) is 0 Å². The minimum atomic E-state index is -1.10. The van der Waals surface area contributed by atoms with Crippen molar-refractivity contribution >= 4 is 11.1 Å². The minimum absolute atomic E-state index is 0.236. The molecule has 0 aromatic rings. The smallest absolute Gasteiger partial charge is 0.152 e. The van der Waals surface area contributed by atoms with Crippen LogP contribution in [0.5, 0.6) is 0 Å². The summed E-state index contributed by atoms with van der Waals surface area (Å²) < 4.78 is 16.2. The van der Waals surface area contributed by atoms with Crippen molar-refractivity contribution in [3.05, 3.63) is 0 Å². The van der Waals surface area contributed by atoms with Gasteiger partial charge in [-0.1, -0.05) is 20.8 Å². The molecule has 1 aliphatic carbocycles. The van der Waals surface area contributed by atoms with E-state index >= 15 is 0 Å². The Morgan fingerprint density at radius 3 is 2.00 bits per heavy atom. The molecular formula is C11H22O2S. The third kappa shape index (κ3) is 3.70. The molecule has 0 N–H and O–H groups in total. The molecule has 0 radical (unpaired) electrons. The van der Waals surface area contributed by atoms with Crippen LogP contribution in [0.25, 0.3) is 0 Å². The predicted molar refractivity (Wildman–Crippen MR) is 60.4 cm³/mol. The fourth-order valence-electron chi connectivity index (χ4n) is 2.22. The van der Waals surface area contributed by atoms with Crippen LogP contribution in [-0.4, -0.2) is 16.6 Å². The second kappa shape index (κ2) is 4.75. The summed E-state index contributed by atoms with van der Waals surface area (Å²) in [6.07, 6.45) is 6.41. The lowest BCUT2D eigenvalue weighted by molar-refractivity contribution is 0.0978. The molecule has 0 bridgehead atoms. The van der Waals surface area contributed by atoms with Crippen molar-refractivity contribution in [2.45, 2.75) is 52.6 Å². The van der Waals surface area contributed by atoms with E-state index in [1.54, 1.807) is 6.26 Å². The summed E-state index contributed by atoms with van der Waals surface area (Å²) in [7, 11) is 0. The fourth-order valence-corrected chi connectivity index (χ4v) is 2.79. The van der Waals surface area contributed by atoms with Crippen molar-refractivity contribution in [1.29, 1.82) is 0 Å². The Labute approximate surface area is 90.1 Å². The van der Waals surface area contributed by atoms with Gasteiger partial charge in [0.25, 0.3) is 0 Å². The summed E-state index contributed by atoms with van der Waals surface area (Å²) >= 11 is -1.10. The molecule has 0 heterocycles.